The zero-order chi connectivity index (χ0) is 24.5. The summed E-state index contributed by atoms with van der Waals surface area (Å²) in [4.78, 5) is 0. The molecule has 0 aromatic heterocycles. The maximum absolute atomic E-state index is 8.33. The Kier molecular flexibility index (Phi) is 0.466. The van der Waals surface area contributed by atoms with E-state index in [2.05, 4.69) is 0 Å². The van der Waals surface area contributed by atoms with Crippen LogP contribution in [0.4, 0.5) is 0 Å². The number of hydrogen-bond acceptors (Lipinski definition) is 0. The third-order valence-electron chi connectivity index (χ3n) is 0.750. The van der Waals surface area contributed by atoms with E-state index in [1.807, 2.05) is 0 Å². The molecule has 0 unspecified atom stereocenters. The van der Waals surface area contributed by atoms with Crippen molar-refractivity contribution in [3.05, 3.63) is 0 Å². The van der Waals surface area contributed by atoms with E-state index in [9.17, 15) is 0 Å². The molecule has 0 rings (SSSR count). The van der Waals surface area contributed by atoms with Gasteiger partial charge in [0.2, 0.25) is 0 Å². The summed E-state index contributed by atoms with van der Waals surface area (Å²) in [5.74, 6) is 0. The predicted octanol–water partition coefficient (Wildman–Crippen LogP) is 3.51. The molecule has 0 heterocycles. The summed E-state index contributed by atoms with van der Waals surface area (Å²) in [6.07, 6.45) is 0. The van der Waals surface area contributed by atoms with E-state index in [4.69, 9.17) is 27.4 Å². The zero-order valence-corrected chi connectivity index (χ0v) is 7.35. The molecule has 0 nitrogen and oxygen atoms in total. The molecule has 0 spiro atoms. The van der Waals surface area contributed by atoms with Crippen LogP contribution >= 0.6 is 0 Å². The fourth-order valence-corrected chi connectivity index (χ4v) is 1.26. The van der Waals surface area contributed by atoms with Gasteiger partial charge in [0.15, 0.2) is 0 Å². The summed E-state index contributed by atoms with van der Waals surface area (Å²) in [7, 11) is 0. The molecule has 0 fully saturated rings. The molecule has 0 aliphatic rings. The van der Waals surface area contributed by atoms with Gasteiger partial charge in [0, 0.05) is 0 Å². The fourth-order valence-electron chi connectivity index (χ4n) is 0.188. The Bertz CT molecular complexity index is 486. The van der Waals surface area contributed by atoms with Gasteiger partial charge in [0.25, 0.3) is 0 Å². The molecule has 0 aromatic rings. The van der Waals surface area contributed by atoms with Crippen molar-refractivity contribution < 1.29 is 27.4 Å². The topological polar surface area (TPSA) is 0 Å². The van der Waals surface area contributed by atoms with Crippen molar-refractivity contribution in [2.75, 3.05) is 0 Å². The van der Waals surface area contributed by atoms with Gasteiger partial charge < -0.3 is 0 Å². The Hall–Kier alpha value is 0.799. The molecular weight excluding hydrogens is 215 g/mol. The predicted molar refractivity (Wildman–Crippen MR) is 47.7 cm³/mol. The van der Waals surface area contributed by atoms with E-state index in [0.717, 1.165) is 0 Å². The van der Waals surface area contributed by atoms with E-state index < -0.39 is 63.3 Å². The monoisotopic (exact) mass is 256 g/mol. The van der Waals surface area contributed by atoms with Crippen molar-refractivity contribution in [1.29, 1.82) is 0 Å². The number of rotatable bonds is 4. The molecule has 0 aromatic carbocycles. The maximum atomic E-state index is 8.02. The number of hydrogen-bond donors (Lipinski definition) is 0. The average Bonchev–Trinajstić information content (AvgIpc) is 2.31. The SMILES string of the molecule is [2H]C([2H])([2H])[C]([2H])([2H])[Sn]([C]([2H])([2H])C([2H])([2H])[2H])([C]([2H])([2H])C([2H])([2H])[2H])[C]([2H])([2H])C([2H])([2H])[2H]. The Morgan fingerprint density at radius 1 is 1.00 bits per heavy atom. The zero-order valence-electron chi connectivity index (χ0n) is 24.5. The second kappa shape index (κ2) is 4.59. The van der Waals surface area contributed by atoms with Gasteiger partial charge in [0.1, 0.15) is 0 Å². The molecule has 56 valence electrons. The summed E-state index contributed by atoms with van der Waals surface area (Å²) < 4.78 is 135. The molecule has 0 amide bonds. The minimum atomic E-state index is -8.33. The average molecular weight is 255 g/mol. The van der Waals surface area contributed by atoms with Crippen molar-refractivity contribution in [3.8, 4) is 0 Å². The summed E-state index contributed by atoms with van der Waals surface area (Å²) in [5, 5.41) is 0. The van der Waals surface area contributed by atoms with Crippen molar-refractivity contribution in [3.63, 3.8) is 0 Å². The molecule has 0 saturated heterocycles. The van der Waals surface area contributed by atoms with Crippen LogP contribution in [0.5, 0.6) is 0 Å². The molecule has 0 bridgehead atoms. The van der Waals surface area contributed by atoms with E-state index >= 15 is 0 Å². The van der Waals surface area contributed by atoms with Crippen LogP contribution in [0.25, 0.3) is 0 Å². The van der Waals surface area contributed by atoms with Crippen LogP contribution in [0.1, 0.15) is 54.8 Å². The second-order valence-corrected chi connectivity index (χ2v) is 8.39. The first-order valence-corrected chi connectivity index (χ1v) is 7.71. The van der Waals surface area contributed by atoms with Crippen LogP contribution < -0.4 is 0 Å². The van der Waals surface area contributed by atoms with Gasteiger partial charge >= 0.3 is 90.8 Å². The van der Waals surface area contributed by atoms with Gasteiger partial charge in [-0.25, -0.2) is 0 Å². The summed E-state index contributed by atoms with van der Waals surface area (Å²) in [6.45, 7) is -16.6. The molecule has 0 N–H and O–H groups in total. The Morgan fingerprint density at radius 2 is 1.33 bits per heavy atom. The normalized spacial score (nSPS) is 56.9. The fraction of sp³-hybridized carbons (Fsp3) is 1.00. The van der Waals surface area contributed by atoms with Gasteiger partial charge in [-0.15, -0.1) is 0 Å². The summed E-state index contributed by atoms with van der Waals surface area (Å²) in [5.41, 5.74) is 0. The standard InChI is InChI=1S/4C2H5.Sn/c4*1-2;/h4*1H2,2H3;/i4*1D2,2D3;. The first-order valence-electron chi connectivity index (χ1n) is 12.0. The van der Waals surface area contributed by atoms with Gasteiger partial charge in [0.05, 0.1) is 0 Å². The van der Waals surface area contributed by atoms with Crippen molar-refractivity contribution >= 4 is 18.4 Å². The van der Waals surface area contributed by atoms with Gasteiger partial charge in [-0.2, -0.15) is 0 Å². The molecule has 0 saturated carbocycles. The Labute approximate surface area is 92.0 Å². The van der Waals surface area contributed by atoms with E-state index in [1.54, 1.807) is 0 Å². The van der Waals surface area contributed by atoms with Gasteiger partial charge in [-0.05, 0) is 0 Å². The van der Waals surface area contributed by atoms with Crippen LogP contribution in [0.2, 0.25) is 17.6 Å². The quantitative estimate of drug-likeness (QED) is 0.674. The van der Waals surface area contributed by atoms with Crippen LogP contribution in [0.3, 0.4) is 0 Å². The summed E-state index contributed by atoms with van der Waals surface area (Å²) >= 11 is -8.33. The molecule has 0 aliphatic carbocycles. The van der Waals surface area contributed by atoms with E-state index in [-0.39, 0.29) is 0 Å². The van der Waals surface area contributed by atoms with Crippen molar-refractivity contribution in [1.82, 2.24) is 0 Å². The van der Waals surface area contributed by atoms with Crippen LogP contribution in [-0.2, 0) is 0 Å². The molecule has 0 aliphatic heterocycles. The van der Waals surface area contributed by atoms with Crippen LogP contribution in [0.15, 0.2) is 0 Å². The van der Waals surface area contributed by atoms with E-state index in [0.29, 0.717) is 0 Å². The Morgan fingerprint density at radius 3 is 1.56 bits per heavy atom. The molecule has 1 heteroatoms. The van der Waals surface area contributed by atoms with Crippen molar-refractivity contribution in [2.45, 2.75) is 45.0 Å². The Balaban J connectivity index is 8.26. The third kappa shape index (κ3) is 2.48. The first-order chi connectivity index (χ1) is 12.0. The molecular formula is C8H20Sn. The molecule has 9 heavy (non-hydrogen) atoms. The molecule has 0 radical (unpaired) electrons. The van der Waals surface area contributed by atoms with Crippen LogP contribution in [0, 0.1) is 0 Å². The van der Waals surface area contributed by atoms with Gasteiger partial charge in [-0.1, -0.05) is 0 Å². The minimum absolute atomic E-state index is 4.14. The first kappa shape index (κ1) is 0.915. The molecule has 0 atom stereocenters. The third-order valence-corrected chi connectivity index (χ3v) is 5.03. The van der Waals surface area contributed by atoms with Crippen LogP contribution in [-0.4, -0.2) is 18.4 Å². The van der Waals surface area contributed by atoms with Crippen molar-refractivity contribution in [2.24, 2.45) is 0 Å². The van der Waals surface area contributed by atoms with E-state index in [1.165, 1.54) is 0 Å². The van der Waals surface area contributed by atoms with Gasteiger partial charge in [-0.3, -0.25) is 0 Å². The summed E-state index contributed by atoms with van der Waals surface area (Å²) in [6, 6.07) is 0. The second-order valence-electron chi connectivity index (χ2n) is 1.25.